The minimum atomic E-state index is 0.693. The minimum Gasteiger partial charge on any atom is -0.375 e. The summed E-state index contributed by atoms with van der Waals surface area (Å²) in [7, 11) is 0. The standard InChI is InChI=1S/C14H22ClNO/c1-2-9-16(10-8-15)11-12-17-13-14-6-4-3-5-7-14/h3-7H,2,8-13H2,1H3. The first-order valence-electron chi connectivity index (χ1n) is 6.26. The third-order valence-corrected chi connectivity index (χ3v) is 2.77. The van der Waals surface area contributed by atoms with Crippen LogP contribution in [0.2, 0.25) is 0 Å². The van der Waals surface area contributed by atoms with Gasteiger partial charge in [-0.15, -0.1) is 11.6 Å². The van der Waals surface area contributed by atoms with Crippen molar-refractivity contribution in [3.05, 3.63) is 35.9 Å². The van der Waals surface area contributed by atoms with Crippen LogP contribution in [-0.2, 0) is 11.3 Å². The average molecular weight is 256 g/mol. The van der Waals surface area contributed by atoms with Crippen LogP contribution in [0.15, 0.2) is 30.3 Å². The quantitative estimate of drug-likeness (QED) is 0.497. The zero-order valence-electron chi connectivity index (χ0n) is 10.6. The molecule has 0 atom stereocenters. The van der Waals surface area contributed by atoms with Gasteiger partial charge in [0, 0.05) is 19.0 Å². The van der Waals surface area contributed by atoms with Gasteiger partial charge in [0.25, 0.3) is 0 Å². The molecule has 0 saturated heterocycles. The van der Waals surface area contributed by atoms with Gasteiger partial charge in [0.15, 0.2) is 0 Å². The Morgan fingerprint density at radius 1 is 1.12 bits per heavy atom. The Balaban J connectivity index is 2.13. The molecule has 0 bridgehead atoms. The summed E-state index contributed by atoms with van der Waals surface area (Å²) in [6, 6.07) is 10.3. The molecule has 0 fully saturated rings. The number of nitrogens with zero attached hydrogens (tertiary/aromatic N) is 1. The van der Waals surface area contributed by atoms with E-state index in [0.717, 1.165) is 32.7 Å². The van der Waals surface area contributed by atoms with Gasteiger partial charge in [-0.05, 0) is 18.5 Å². The Labute approximate surface area is 110 Å². The van der Waals surface area contributed by atoms with Crippen molar-refractivity contribution in [1.82, 2.24) is 4.90 Å². The molecule has 0 spiro atoms. The fourth-order valence-corrected chi connectivity index (χ4v) is 1.97. The van der Waals surface area contributed by atoms with E-state index >= 15 is 0 Å². The van der Waals surface area contributed by atoms with Crippen LogP contribution in [0, 0.1) is 0 Å². The van der Waals surface area contributed by atoms with E-state index in [2.05, 4.69) is 24.0 Å². The van der Waals surface area contributed by atoms with Gasteiger partial charge in [-0.25, -0.2) is 0 Å². The highest BCUT2D eigenvalue weighted by molar-refractivity contribution is 6.18. The lowest BCUT2D eigenvalue weighted by atomic mass is 10.2. The molecule has 0 unspecified atom stereocenters. The van der Waals surface area contributed by atoms with Crippen molar-refractivity contribution in [2.75, 3.05) is 32.1 Å². The van der Waals surface area contributed by atoms with E-state index in [0.29, 0.717) is 12.5 Å². The molecule has 0 N–H and O–H groups in total. The van der Waals surface area contributed by atoms with Crippen molar-refractivity contribution in [3.63, 3.8) is 0 Å². The second kappa shape index (κ2) is 9.46. The maximum Gasteiger partial charge on any atom is 0.0717 e. The molecule has 1 rings (SSSR count). The zero-order chi connectivity index (χ0) is 12.3. The van der Waals surface area contributed by atoms with Crippen LogP contribution in [0.25, 0.3) is 0 Å². The summed E-state index contributed by atoms with van der Waals surface area (Å²) in [4.78, 5) is 2.35. The number of rotatable bonds is 9. The molecule has 0 aromatic heterocycles. The summed E-state index contributed by atoms with van der Waals surface area (Å²) >= 11 is 5.76. The summed E-state index contributed by atoms with van der Waals surface area (Å²) in [5.74, 6) is 0.693. The minimum absolute atomic E-state index is 0.693. The fraction of sp³-hybridized carbons (Fsp3) is 0.571. The largest absolute Gasteiger partial charge is 0.375 e. The van der Waals surface area contributed by atoms with Crippen LogP contribution in [0.1, 0.15) is 18.9 Å². The SMILES string of the molecule is CCCN(CCCl)CCOCc1ccccc1. The topological polar surface area (TPSA) is 12.5 Å². The Kier molecular flexibility index (Phi) is 8.06. The van der Waals surface area contributed by atoms with Gasteiger partial charge in [0.2, 0.25) is 0 Å². The molecule has 1 aromatic rings. The smallest absolute Gasteiger partial charge is 0.0717 e. The van der Waals surface area contributed by atoms with Gasteiger partial charge in [-0.2, -0.15) is 0 Å². The summed E-state index contributed by atoms with van der Waals surface area (Å²) in [6.45, 7) is 6.67. The first-order valence-corrected chi connectivity index (χ1v) is 6.80. The van der Waals surface area contributed by atoms with E-state index in [9.17, 15) is 0 Å². The highest BCUT2D eigenvalue weighted by Crippen LogP contribution is 2.01. The fourth-order valence-electron chi connectivity index (χ4n) is 1.73. The maximum atomic E-state index is 5.76. The van der Waals surface area contributed by atoms with Crippen LogP contribution in [0.3, 0.4) is 0 Å². The second-order valence-electron chi connectivity index (χ2n) is 4.07. The number of halogens is 1. The monoisotopic (exact) mass is 255 g/mol. The van der Waals surface area contributed by atoms with Crippen molar-refractivity contribution >= 4 is 11.6 Å². The van der Waals surface area contributed by atoms with E-state index in [1.54, 1.807) is 0 Å². The Morgan fingerprint density at radius 3 is 2.53 bits per heavy atom. The van der Waals surface area contributed by atoms with E-state index in [4.69, 9.17) is 16.3 Å². The van der Waals surface area contributed by atoms with Gasteiger partial charge >= 0.3 is 0 Å². The molecule has 1 aromatic carbocycles. The normalized spacial score (nSPS) is 11.0. The molecule has 3 heteroatoms. The van der Waals surface area contributed by atoms with Crippen LogP contribution in [0.4, 0.5) is 0 Å². The Bertz CT molecular complexity index is 273. The Morgan fingerprint density at radius 2 is 1.88 bits per heavy atom. The zero-order valence-corrected chi connectivity index (χ0v) is 11.3. The lowest BCUT2D eigenvalue weighted by molar-refractivity contribution is 0.0943. The van der Waals surface area contributed by atoms with E-state index in [-0.39, 0.29) is 0 Å². The molecule has 0 aliphatic rings. The summed E-state index contributed by atoms with van der Waals surface area (Å²) in [5.41, 5.74) is 1.23. The lowest BCUT2D eigenvalue weighted by Gasteiger charge is -2.20. The lowest BCUT2D eigenvalue weighted by Crippen LogP contribution is -2.30. The molecule has 17 heavy (non-hydrogen) atoms. The average Bonchev–Trinajstić information content (AvgIpc) is 2.36. The van der Waals surface area contributed by atoms with Crippen LogP contribution < -0.4 is 0 Å². The van der Waals surface area contributed by atoms with Crippen LogP contribution in [-0.4, -0.2) is 37.0 Å². The van der Waals surface area contributed by atoms with Gasteiger partial charge in [0.05, 0.1) is 13.2 Å². The first kappa shape index (κ1) is 14.5. The molecule has 0 aliphatic heterocycles. The van der Waals surface area contributed by atoms with Gasteiger partial charge in [-0.1, -0.05) is 37.3 Å². The Hall–Kier alpha value is -0.570. The van der Waals surface area contributed by atoms with E-state index in [1.807, 2.05) is 18.2 Å². The van der Waals surface area contributed by atoms with Crippen LogP contribution >= 0.6 is 11.6 Å². The second-order valence-corrected chi connectivity index (χ2v) is 4.45. The number of hydrogen-bond donors (Lipinski definition) is 0. The summed E-state index contributed by atoms with van der Waals surface area (Å²) in [5, 5.41) is 0. The molecule has 0 heterocycles. The molecular formula is C14H22ClNO. The van der Waals surface area contributed by atoms with Crippen molar-refractivity contribution in [3.8, 4) is 0 Å². The highest BCUT2D eigenvalue weighted by atomic mass is 35.5. The molecule has 0 radical (unpaired) electrons. The molecule has 0 saturated carbocycles. The van der Waals surface area contributed by atoms with Gasteiger partial charge < -0.3 is 4.74 Å². The van der Waals surface area contributed by atoms with E-state index in [1.165, 1.54) is 5.56 Å². The number of hydrogen-bond acceptors (Lipinski definition) is 2. The van der Waals surface area contributed by atoms with E-state index < -0.39 is 0 Å². The number of benzene rings is 1. The maximum absolute atomic E-state index is 5.76. The van der Waals surface area contributed by atoms with Crippen molar-refractivity contribution < 1.29 is 4.74 Å². The van der Waals surface area contributed by atoms with Crippen LogP contribution in [0.5, 0.6) is 0 Å². The number of ether oxygens (including phenoxy) is 1. The molecule has 2 nitrogen and oxygen atoms in total. The van der Waals surface area contributed by atoms with Crippen molar-refractivity contribution in [2.45, 2.75) is 20.0 Å². The predicted molar refractivity (Wildman–Crippen MR) is 73.5 cm³/mol. The summed E-state index contributed by atoms with van der Waals surface area (Å²) < 4.78 is 5.66. The predicted octanol–water partition coefficient (Wildman–Crippen LogP) is 3.15. The molecule has 96 valence electrons. The van der Waals surface area contributed by atoms with Crippen molar-refractivity contribution in [2.24, 2.45) is 0 Å². The third kappa shape index (κ3) is 6.67. The molecular weight excluding hydrogens is 234 g/mol. The summed E-state index contributed by atoms with van der Waals surface area (Å²) in [6.07, 6.45) is 1.16. The highest BCUT2D eigenvalue weighted by Gasteiger charge is 2.02. The first-order chi connectivity index (χ1) is 8.36. The molecule has 0 aliphatic carbocycles. The van der Waals surface area contributed by atoms with Gasteiger partial charge in [-0.3, -0.25) is 4.90 Å². The number of alkyl halides is 1. The van der Waals surface area contributed by atoms with Crippen molar-refractivity contribution in [1.29, 1.82) is 0 Å². The molecule has 0 amide bonds. The van der Waals surface area contributed by atoms with Gasteiger partial charge in [0.1, 0.15) is 0 Å². The third-order valence-electron chi connectivity index (χ3n) is 2.60.